The first-order valence-electron chi connectivity index (χ1n) is 9.71. The Labute approximate surface area is 168 Å². The number of fused-ring (bicyclic) bond motifs is 1. The van der Waals surface area contributed by atoms with Crippen LogP contribution in [0, 0.1) is 5.82 Å². The van der Waals surface area contributed by atoms with Crippen LogP contribution in [0.4, 0.5) is 14.3 Å². The van der Waals surface area contributed by atoms with E-state index in [1.54, 1.807) is 17.4 Å². The fraction of sp³-hybridized carbons (Fsp3) is 0.500. The number of nitrogens with zero attached hydrogens (tertiary/aromatic N) is 3. The van der Waals surface area contributed by atoms with Crippen molar-refractivity contribution in [3.8, 4) is 5.75 Å². The number of methoxy groups -OCH3 is 1. The van der Waals surface area contributed by atoms with Crippen LogP contribution in [-0.4, -0.2) is 54.1 Å². The second-order valence-corrected chi connectivity index (χ2v) is 8.34. The minimum atomic E-state index is -0.343. The van der Waals surface area contributed by atoms with Crippen LogP contribution in [-0.2, 0) is 19.4 Å². The zero-order valence-electron chi connectivity index (χ0n) is 16.0. The van der Waals surface area contributed by atoms with Gasteiger partial charge in [0.15, 0.2) is 16.7 Å². The summed E-state index contributed by atoms with van der Waals surface area (Å²) in [5, 5.41) is 3.68. The Morgan fingerprint density at radius 3 is 2.75 bits per heavy atom. The molecule has 6 nitrogen and oxygen atoms in total. The van der Waals surface area contributed by atoms with Gasteiger partial charge in [0.05, 0.1) is 12.8 Å². The second-order valence-electron chi connectivity index (χ2n) is 7.26. The van der Waals surface area contributed by atoms with Crippen molar-refractivity contribution in [2.24, 2.45) is 0 Å². The fourth-order valence-corrected chi connectivity index (χ4v) is 4.79. The molecule has 28 heavy (non-hydrogen) atoms. The summed E-state index contributed by atoms with van der Waals surface area (Å²) >= 11 is 1.61. The largest absolute Gasteiger partial charge is 0.494 e. The molecular formula is C20H25FN4O2S. The van der Waals surface area contributed by atoms with Gasteiger partial charge in [-0.2, -0.15) is 0 Å². The first kappa shape index (κ1) is 19.1. The van der Waals surface area contributed by atoms with Gasteiger partial charge in [-0.15, -0.1) is 11.3 Å². The van der Waals surface area contributed by atoms with Crippen molar-refractivity contribution in [3.05, 3.63) is 40.2 Å². The summed E-state index contributed by atoms with van der Waals surface area (Å²) in [7, 11) is 1.46. The summed E-state index contributed by atoms with van der Waals surface area (Å²) in [4.78, 5) is 22.5. The van der Waals surface area contributed by atoms with E-state index in [0.717, 1.165) is 37.2 Å². The van der Waals surface area contributed by atoms with Crippen LogP contribution in [0.5, 0.6) is 5.75 Å². The number of anilines is 1. The third-order valence-corrected chi connectivity index (χ3v) is 6.41. The molecule has 1 fully saturated rings. The Bertz CT molecular complexity index is 825. The van der Waals surface area contributed by atoms with Gasteiger partial charge in [0.1, 0.15) is 0 Å². The normalized spacial score (nSPS) is 17.3. The van der Waals surface area contributed by atoms with Crippen LogP contribution < -0.4 is 10.1 Å². The number of hydrogen-bond donors (Lipinski definition) is 1. The number of halogens is 1. The molecule has 0 bridgehead atoms. The molecule has 8 heteroatoms. The van der Waals surface area contributed by atoms with Crippen LogP contribution in [0.3, 0.4) is 0 Å². The molecule has 0 unspecified atom stereocenters. The lowest BCUT2D eigenvalue weighted by Gasteiger charge is -2.34. The van der Waals surface area contributed by atoms with E-state index in [-0.39, 0.29) is 17.6 Å². The number of piperazine rings is 1. The number of carbonyl (C=O) groups excluding carboxylic acids is 1. The smallest absolute Gasteiger partial charge is 0.323 e. The maximum atomic E-state index is 13.9. The Balaban J connectivity index is 1.28. The molecule has 0 atom stereocenters. The summed E-state index contributed by atoms with van der Waals surface area (Å²) in [5.41, 5.74) is 2.06. The third-order valence-electron chi connectivity index (χ3n) is 5.34. The van der Waals surface area contributed by atoms with Crippen molar-refractivity contribution >= 4 is 22.5 Å². The fourth-order valence-electron chi connectivity index (χ4n) is 3.75. The molecule has 2 heterocycles. The SMILES string of the molecule is COc1ccc(CN2CCN(C(=O)Nc3nc4c(s3)CCCC4)CC2)cc1F. The molecule has 4 rings (SSSR count). The summed E-state index contributed by atoms with van der Waals surface area (Å²) in [6, 6.07) is 4.97. The summed E-state index contributed by atoms with van der Waals surface area (Å²) in [5.74, 6) is -0.0849. The van der Waals surface area contributed by atoms with Gasteiger partial charge in [-0.05, 0) is 43.4 Å². The monoisotopic (exact) mass is 404 g/mol. The molecule has 2 aliphatic rings. The Morgan fingerprint density at radius 1 is 1.25 bits per heavy atom. The van der Waals surface area contributed by atoms with Crippen LogP contribution in [0.15, 0.2) is 18.2 Å². The highest BCUT2D eigenvalue weighted by Gasteiger charge is 2.23. The topological polar surface area (TPSA) is 57.7 Å². The zero-order chi connectivity index (χ0) is 19.5. The van der Waals surface area contributed by atoms with Crippen LogP contribution in [0.2, 0.25) is 0 Å². The number of carbonyl (C=O) groups is 1. The van der Waals surface area contributed by atoms with E-state index < -0.39 is 0 Å². The number of hydrogen-bond acceptors (Lipinski definition) is 5. The maximum Gasteiger partial charge on any atom is 0.323 e. The molecule has 2 amide bonds. The molecule has 0 saturated carbocycles. The van der Waals surface area contributed by atoms with Crippen LogP contribution in [0.1, 0.15) is 29.0 Å². The molecule has 1 N–H and O–H groups in total. The molecule has 1 saturated heterocycles. The number of rotatable bonds is 4. The first-order valence-corrected chi connectivity index (χ1v) is 10.5. The minimum Gasteiger partial charge on any atom is -0.494 e. The number of amides is 2. The van der Waals surface area contributed by atoms with Crippen molar-refractivity contribution in [2.75, 3.05) is 38.6 Å². The van der Waals surface area contributed by atoms with Crippen molar-refractivity contribution in [2.45, 2.75) is 32.2 Å². The third kappa shape index (κ3) is 4.28. The number of nitrogens with one attached hydrogen (secondary N) is 1. The van der Waals surface area contributed by atoms with E-state index in [4.69, 9.17) is 4.74 Å². The van der Waals surface area contributed by atoms with Gasteiger partial charge in [0.2, 0.25) is 0 Å². The Hall–Kier alpha value is -2.19. The van der Waals surface area contributed by atoms with Gasteiger partial charge in [-0.1, -0.05) is 6.07 Å². The number of aromatic nitrogens is 1. The standard InChI is InChI=1S/C20H25FN4O2S/c1-27-17-7-6-14(12-15(17)21)13-24-8-10-25(11-9-24)20(26)23-19-22-16-4-2-3-5-18(16)28-19/h6-7,12H,2-5,8-11,13H2,1H3,(H,22,23,26). The number of benzene rings is 1. The number of thiazole rings is 1. The van der Waals surface area contributed by atoms with E-state index in [1.165, 1.54) is 30.9 Å². The lowest BCUT2D eigenvalue weighted by Crippen LogP contribution is -2.49. The first-order chi connectivity index (χ1) is 13.6. The highest BCUT2D eigenvalue weighted by atomic mass is 32.1. The second kappa shape index (κ2) is 8.45. The van der Waals surface area contributed by atoms with Gasteiger partial charge >= 0.3 is 6.03 Å². The van der Waals surface area contributed by atoms with Gasteiger partial charge in [0, 0.05) is 37.6 Å². The summed E-state index contributed by atoms with van der Waals surface area (Å²) in [6.45, 7) is 3.48. The zero-order valence-corrected chi connectivity index (χ0v) is 16.9. The van der Waals surface area contributed by atoms with Gasteiger partial charge in [-0.25, -0.2) is 14.2 Å². The molecular weight excluding hydrogens is 379 g/mol. The Kier molecular flexibility index (Phi) is 5.77. The molecule has 0 spiro atoms. The molecule has 1 aliphatic carbocycles. The summed E-state index contributed by atoms with van der Waals surface area (Å²) < 4.78 is 18.8. The molecule has 0 radical (unpaired) electrons. The van der Waals surface area contributed by atoms with Crippen LogP contribution >= 0.6 is 11.3 Å². The average Bonchev–Trinajstić information content (AvgIpc) is 3.11. The van der Waals surface area contributed by atoms with Crippen molar-refractivity contribution in [1.29, 1.82) is 0 Å². The lowest BCUT2D eigenvalue weighted by molar-refractivity contribution is 0.143. The highest BCUT2D eigenvalue weighted by molar-refractivity contribution is 7.15. The number of ether oxygens (including phenoxy) is 1. The van der Waals surface area contributed by atoms with Crippen molar-refractivity contribution in [3.63, 3.8) is 0 Å². The van der Waals surface area contributed by atoms with Gasteiger partial charge in [0.25, 0.3) is 0 Å². The number of urea groups is 1. The molecule has 150 valence electrons. The van der Waals surface area contributed by atoms with Gasteiger partial charge < -0.3 is 9.64 Å². The predicted octanol–water partition coefficient (Wildman–Crippen LogP) is 3.52. The van der Waals surface area contributed by atoms with Crippen molar-refractivity contribution in [1.82, 2.24) is 14.8 Å². The molecule has 2 aromatic rings. The Morgan fingerprint density at radius 2 is 2.04 bits per heavy atom. The van der Waals surface area contributed by atoms with E-state index in [2.05, 4.69) is 15.2 Å². The average molecular weight is 405 g/mol. The van der Waals surface area contributed by atoms with E-state index >= 15 is 0 Å². The van der Waals surface area contributed by atoms with Crippen LogP contribution in [0.25, 0.3) is 0 Å². The lowest BCUT2D eigenvalue weighted by atomic mass is 10.0. The van der Waals surface area contributed by atoms with Gasteiger partial charge in [-0.3, -0.25) is 10.2 Å². The van der Waals surface area contributed by atoms with Crippen molar-refractivity contribution < 1.29 is 13.9 Å². The van der Waals surface area contributed by atoms with E-state index in [1.807, 2.05) is 11.0 Å². The minimum absolute atomic E-state index is 0.0822. The molecule has 1 aromatic carbocycles. The predicted molar refractivity (Wildman–Crippen MR) is 108 cm³/mol. The highest BCUT2D eigenvalue weighted by Crippen LogP contribution is 2.29. The van der Waals surface area contributed by atoms with E-state index in [0.29, 0.717) is 24.8 Å². The van der Waals surface area contributed by atoms with E-state index in [9.17, 15) is 9.18 Å². The molecule has 1 aromatic heterocycles. The number of aryl methyl sites for hydroxylation is 2. The quantitative estimate of drug-likeness (QED) is 0.847. The molecule has 1 aliphatic heterocycles. The summed E-state index contributed by atoms with van der Waals surface area (Å²) in [6.07, 6.45) is 4.49. The maximum absolute atomic E-state index is 13.9.